The molecule has 2 aromatic heterocycles. The van der Waals surface area contributed by atoms with Gasteiger partial charge in [-0.05, 0) is 38.6 Å². The summed E-state index contributed by atoms with van der Waals surface area (Å²) < 4.78 is 44.2. The Labute approximate surface area is 248 Å². The summed E-state index contributed by atoms with van der Waals surface area (Å²) in [5, 5.41) is 4.45. The number of benzene rings is 1. The molecule has 1 aliphatic heterocycles. The van der Waals surface area contributed by atoms with Crippen molar-refractivity contribution >= 4 is 28.9 Å². The second kappa shape index (κ2) is 13.8. The molecule has 3 heterocycles. The van der Waals surface area contributed by atoms with Gasteiger partial charge in [-0.3, -0.25) is 14.0 Å². The van der Waals surface area contributed by atoms with E-state index in [0.717, 1.165) is 12.1 Å². The summed E-state index contributed by atoms with van der Waals surface area (Å²) in [6.45, 7) is 6.48. The van der Waals surface area contributed by atoms with Crippen molar-refractivity contribution in [1.29, 1.82) is 0 Å². The van der Waals surface area contributed by atoms with Crippen molar-refractivity contribution < 1.29 is 62.0 Å². The summed E-state index contributed by atoms with van der Waals surface area (Å²) in [5.74, 6) is 0.718. The summed E-state index contributed by atoms with van der Waals surface area (Å²) >= 11 is 0. The fourth-order valence-corrected chi connectivity index (χ4v) is 5.54. The number of hydrogen-bond acceptors (Lipinski definition) is 9. The van der Waals surface area contributed by atoms with Crippen LogP contribution in [-0.2, 0) is 28.1 Å². The zero-order chi connectivity index (χ0) is 28.3. The van der Waals surface area contributed by atoms with Crippen LogP contribution in [0.3, 0.4) is 0 Å². The van der Waals surface area contributed by atoms with Crippen molar-refractivity contribution in [3.05, 3.63) is 34.2 Å². The number of nitrogens with zero attached hydrogens (tertiary/aromatic N) is 5. The quantitative estimate of drug-likeness (QED) is 0.187. The molecule has 14 nitrogen and oxygen atoms in total. The Morgan fingerprint density at radius 3 is 2.33 bits per heavy atom. The number of nitrogens with one attached hydrogen (secondary N) is 1. The summed E-state index contributed by atoms with van der Waals surface area (Å²) in [5.41, 5.74) is 1.75. The van der Waals surface area contributed by atoms with Crippen LogP contribution >= 0.6 is 7.82 Å². The van der Waals surface area contributed by atoms with Gasteiger partial charge in [0, 0.05) is 33.2 Å². The number of hydrogen-bond donors (Lipinski definition) is 3. The molecule has 0 saturated carbocycles. The molecule has 0 radical (unpaired) electrons. The number of phosphoric acid groups is 1. The minimum Gasteiger partial charge on any atom is -0.756 e. The smallest absolute Gasteiger partial charge is 0.756 e. The second-order valence-corrected chi connectivity index (χ2v) is 11.6. The van der Waals surface area contributed by atoms with Gasteiger partial charge in [0.2, 0.25) is 10.0 Å². The third-order valence-corrected chi connectivity index (χ3v) is 7.75. The minimum atomic E-state index is -4.89. The molecule has 3 aromatic rings. The van der Waals surface area contributed by atoms with E-state index in [4.69, 9.17) is 29.0 Å². The van der Waals surface area contributed by atoms with E-state index < -0.39 is 17.8 Å². The number of H-pyrrole nitrogens is 1. The molecule has 0 atom stereocenters. The van der Waals surface area contributed by atoms with Gasteiger partial charge in [0.1, 0.15) is 17.1 Å². The van der Waals surface area contributed by atoms with Crippen LogP contribution in [0.4, 0.5) is 0 Å². The van der Waals surface area contributed by atoms with Crippen LogP contribution in [0.5, 0.6) is 5.75 Å². The van der Waals surface area contributed by atoms with E-state index >= 15 is 0 Å². The van der Waals surface area contributed by atoms with Crippen LogP contribution in [0.2, 0.25) is 0 Å². The Bertz CT molecular complexity index is 1490. The summed E-state index contributed by atoms with van der Waals surface area (Å²) in [7, 11) is -4.90. The number of sulfonamides is 1. The number of likely N-dealkylation sites (N-methyl/N-ethyl adjacent to an activating group) is 1. The third kappa shape index (κ3) is 8.43. The average Bonchev–Trinajstić information content (AvgIpc) is 3.14. The first-order chi connectivity index (χ1) is 17.8. The van der Waals surface area contributed by atoms with E-state index in [-0.39, 0.29) is 45.8 Å². The Hall–Kier alpha value is -1.65. The van der Waals surface area contributed by atoms with Crippen molar-refractivity contribution in [1.82, 2.24) is 29.0 Å². The van der Waals surface area contributed by atoms with Crippen molar-refractivity contribution in [3.8, 4) is 17.1 Å². The topological polar surface area (TPSA) is 194 Å². The first-order valence-electron chi connectivity index (χ1n) is 11.9. The van der Waals surface area contributed by atoms with Gasteiger partial charge in [-0.1, -0.05) is 13.3 Å². The monoisotopic (exact) mass is 594 g/mol. The number of fused-ring (bicyclic) bond motifs is 1. The van der Waals surface area contributed by atoms with Gasteiger partial charge in [-0.15, -0.1) is 0 Å². The van der Waals surface area contributed by atoms with E-state index in [9.17, 15) is 13.2 Å². The first kappa shape index (κ1) is 33.6. The molecular formula is C22H32N6NaO8PS. The molecule has 4 rings (SSSR count). The van der Waals surface area contributed by atoms with Gasteiger partial charge < -0.3 is 29.3 Å². The second-order valence-electron chi connectivity index (χ2n) is 8.72. The summed E-state index contributed by atoms with van der Waals surface area (Å²) in [6, 6.07) is 4.71. The number of rotatable bonds is 7. The molecule has 1 aromatic carbocycles. The van der Waals surface area contributed by atoms with Crippen LogP contribution in [0, 0.1) is 0 Å². The summed E-state index contributed by atoms with van der Waals surface area (Å²) in [4.78, 5) is 45.6. The van der Waals surface area contributed by atoms with Crippen LogP contribution in [0.25, 0.3) is 22.4 Å². The van der Waals surface area contributed by atoms with E-state index in [1.165, 1.54) is 8.99 Å². The maximum absolute atomic E-state index is 13.3. The van der Waals surface area contributed by atoms with Gasteiger partial charge >= 0.3 is 29.6 Å². The molecule has 17 heteroatoms. The molecule has 1 saturated heterocycles. The Balaban J connectivity index is 0.000000816. The summed E-state index contributed by atoms with van der Waals surface area (Å²) in [6.07, 6.45) is 1.54. The number of aryl methyl sites for hydroxylation is 2. The molecule has 210 valence electrons. The largest absolute Gasteiger partial charge is 1.00 e. The van der Waals surface area contributed by atoms with Gasteiger partial charge in [0.15, 0.2) is 5.52 Å². The van der Waals surface area contributed by atoms with Gasteiger partial charge in [0.05, 0.1) is 22.8 Å². The fourth-order valence-electron chi connectivity index (χ4n) is 4.09. The maximum Gasteiger partial charge on any atom is 1.00 e. The van der Waals surface area contributed by atoms with Gasteiger partial charge in [0.25, 0.3) is 13.4 Å². The Morgan fingerprint density at radius 2 is 1.77 bits per heavy atom. The SMILES string of the molecule is CCCc1nn(C)c2c(=O)[nH]c(-c3cc(S(=O)(=O)N4CCN(C)CC4)ccc3OCC)nc12.O=P([O-])(O)O.[Na+]. The molecule has 3 N–H and O–H groups in total. The normalized spacial score (nSPS) is 14.9. The number of piperazine rings is 1. The van der Waals surface area contributed by atoms with Crippen molar-refractivity contribution in [2.45, 2.75) is 31.6 Å². The molecule has 0 bridgehead atoms. The maximum atomic E-state index is 13.3. The molecular weight excluding hydrogens is 562 g/mol. The Kier molecular flexibility index (Phi) is 11.9. The van der Waals surface area contributed by atoms with Crippen LogP contribution in [0.1, 0.15) is 26.0 Å². The van der Waals surface area contributed by atoms with Crippen LogP contribution in [-0.4, -0.2) is 87.0 Å². The van der Waals surface area contributed by atoms with E-state index in [0.29, 0.717) is 61.6 Å². The van der Waals surface area contributed by atoms with Gasteiger partial charge in [-0.2, -0.15) is 9.40 Å². The molecule has 1 aliphatic rings. The number of aromatic amines is 1. The van der Waals surface area contributed by atoms with Crippen LogP contribution < -0.4 is 44.7 Å². The molecule has 0 aliphatic carbocycles. The van der Waals surface area contributed by atoms with Crippen molar-refractivity contribution in [2.75, 3.05) is 39.8 Å². The zero-order valence-electron chi connectivity index (χ0n) is 22.6. The first-order valence-corrected chi connectivity index (χ1v) is 14.9. The number of ether oxygens (including phenoxy) is 1. The molecule has 0 unspecified atom stereocenters. The standard InChI is InChI=1S/C22H30N6O4S.Na.H3O4P/c1-5-7-17-19-20(27(4)25-17)22(29)24-21(23-19)16-14-15(8-9-18(16)32-6-2)33(30,31)28-12-10-26(3)11-13-28;;1-5(2,3)4/h8-9,14H,5-7,10-13H2,1-4H3,(H,23,24,29);;(H3,1,2,3,4)/q;+1;/p-1. The van der Waals surface area contributed by atoms with E-state index in [2.05, 4.69) is 15.0 Å². The minimum absolute atomic E-state index is 0. The van der Waals surface area contributed by atoms with Gasteiger partial charge in [-0.25, -0.2) is 13.4 Å². The Morgan fingerprint density at radius 1 is 1.15 bits per heavy atom. The molecule has 0 spiro atoms. The van der Waals surface area contributed by atoms with Crippen LogP contribution in [0.15, 0.2) is 27.9 Å². The molecule has 1 fully saturated rings. The molecule has 0 amide bonds. The van der Waals surface area contributed by atoms with E-state index in [1.807, 2.05) is 20.9 Å². The fraction of sp³-hybridized carbons (Fsp3) is 0.500. The van der Waals surface area contributed by atoms with Crippen molar-refractivity contribution in [2.24, 2.45) is 7.05 Å². The number of aromatic nitrogens is 4. The van der Waals surface area contributed by atoms with E-state index in [1.54, 1.807) is 25.2 Å². The van der Waals surface area contributed by atoms with Crippen molar-refractivity contribution in [3.63, 3.8) is 0 Å². The average molecular weight is 595 g/mol. The third-order valence-electron chi connectivity index (χ3n) is 5.86. The predicted octanol–water partition coefficient (Wildman–Crippen LogP) is -2.95. The zero-order valence-corrected chi connectivity index (χ0v) is 26.3. The predicted molar refractivity (Wildman–Crippen MR) is 138 cm³/mol. The molecule has 39 heavy (non-hydrogen) atoms.